The number of hydrogen-bond acceptors (Lipinski definition) is 4. The second-order valence-corrected chi connectivity index (χ2v) is 5.05. The second-order valence-electron chi connectivity index (χ2n) is 5.05. The molecular formula is C17H13F2N3O2. The van der Waals surface area contributed by atoms with Crippen molar-refractivity contribution in [1.82, 2.24) is 15.5 Å². The van der Waals surface area contributed by atoms with E-state index in [-0.39, 0.29) is 17.9 Å². The quantitative estimate of drug-likeness (QED) is 0.781. The van der Waals surface area contributed by atoms with Gasteiger partial charge in [-0.15, -0.1) is 0 Å². The molecule has 3 aromatic rings. The van der Waals surface area contributed by atoms with E-state index in [4.69, 9.17) is 4.52 Å². The summed E-state index contributed by atoms with van der Waals surface area (Å²) in [5, 5.41) is 6.18. The zero-order chi connectivity index (χ0) is 16.9. The standard InChI is InChI=1S/C17H13F2N3O2/c18-13-8-4-7-12(16(13)19)17(23)20-10-14-21-15(24-22-14)9-11-5-2-1-3-6-11/h1-8H,9-10H2,(H,20,23). The summed E-state index contributed by atoms with van der Waals surface area (Å²) in [5.74, 6) is -2.35. The van der Waals surface area contributed by atoms with Crippen molar-refractivity contribution in [2.75, 3.05) is 0 Å². The van der Waals surface area contributed by atoms with Gasteiger partial charge in [-0.2, -0.15) is 4.98 Å². The molecule has 0 bridgehead atoms. The highest BCUT2D eigenvalue weighted by molar-refractivity contribution is 5.94. The van der Waals surface area contributed by atoms with Gasteiger partial charge in [0.2, 0.25) is 5.89 Å². The van der Waals surface area contributed by atoms with Gasteiger partial charge in [0.05, 0.1) is 18.5 Å². The van der Waals surface area contributed by atoms with Crippen molar-refractivity contribution in [2.24, 2.45) is 0 Å². The third kappa shape index (κ3) is 3.62. The number of benzene rings is 2. The predicted molar refractivity (Wildman–Crippen MR) is 81.1 cm³/mol. The summed E-state index contributed by atoms with van der Waals surface area (Å²) in [6.07, 6.45) is 0.473. The number of rotatable bonds is 5. The van der Waals surface area contributed by atoms with E-state index in [1.54, 1.807) is 0 Å². The van der Waals surface area contributed by atoms with Crippen LogP contribution in [-0.2, 0) is 13.0 Å². The molecule has 0 fully saturated rings. The normalized spacial score (nSPS) is 10.6. The summed E-state index contributed by atoms with van der Waals surface area (Å²) < 4.78 is 31.8. The molecule has 24 heavy (non-hydrogen) atoms. The largest absolute Gasteiger partial charge is 0.345 e. The maximum absolute atomic E-state index is 13.5. The van der Waals surface area contributed by atoms with Crippen LogP contribution in [0.5, 0.6) is 0 Å². The lowest BCUT2D eigenvalue weighted by atomic mass is 10.1. The van der Waals surface area contributed by atoms with Gasteiger partial charge < -0.3 is 9.84 Å². The van der Waals surface area contributed by atoms with Crippen molar-refractivity contribution in [3.63, 3.8) is 0 Å². The first kappa shape index (κ1) is 15.8. The maximum Gasteiger partial charge on any atom is 0.254 e. The molecule has 2 aromatic carbocycles. The number of carbonyl (C=O) groups excluding carboxylic acids is 1. The Bertz CT molecular complexity index is 850. The van der Waals surface area contributed by atoms with E-state index in [1.807, 2.05) is 30.3 Å². The van der Waals surface area contributed by atoms with Crippen LogP contribution in [0.2, 0.25) is 0 Å². The first-order chi connectivity index (χ1) is 11.6. The fraction of sp³-hybridized carbons (Fsp3) is 0.118. The average Bonchev–Trinajstić information content (AvgIpc) is 3.03. The molecule has 0 unspecified atom stereocenters. The number of hydrogen-bond donors (Lipinski definition) is 1. The van der Waals surface area contributed by atoms with Gasteiger partial charge in [-0.05, 0) is 17.7 Å². The summed E-state index contributed by atoms with van der Waals surface area (Å²) in [5.41, 5.74) is 0.640. The number of nitrogens with one attached hydrogen (secondary N) is 1. The van der Waals surface area contributed by atoms with Crippen molar-refractivity contribution < 1.29 is 18.1 Å². The Morgan fingerprint density at radius 2 is 1.88 bits per heavy atom. The summed E-state index contributed by atoms with van der Waals surface area (Å²) in [4.78, 5) is 16.0. The zero-order valence-corrected chi connectivity index (χ0v) is 12.5. The lowest BCUT2D eigenvalue weighted by molar-refractivity contribution is 0.0944. The third-order valence-corrected chi connectivity index (χ3v) is 3.31. The van der Waals surface area contributed by atoms with Gasteiger partial charge in [0.1, 0.15) is 0 Å². The molecule has 1 N–H and O–H groups in total. The van der Waals surface area contributed by atoms with Crippen molar-refractivity contribution in [3.8, 4) is 0 Å². The van der Waals surface area contributed by atoms with E-state index >= 15 is 0 Å². The minimum Gasteiger partial charge on any atom is -0.345 e. The molecule has 122 valence electrons. The van der Waals surface area contributed by atoms with Gasteiger partial charge in [0, 0.05) is 0 Å². The van der Waals surface area contributed by atoms with E-state index in [9.17, 15) is 13.6 Å². The molecule has 0 spiro atoms. The zero-order valence-electron chi connectivity index (χ0n) is 12.5. The minimum absolute atomic E-state index is 0.0485. The second kappa shape index (κ2) is 6.99. The van der Waals surface area contributed by atoms with Crippen LogP contribution in [-0.4, -0.2) is 16.0 Å². The lowest BCUT2D eigenvalue weighted by Gasteiger charge is -2.04. The number of carbonyl (C=O) groups is 1. The molecule has 5 nitrogen and oxygen atoms in total. The number of amides is 1. The van der Waals surface area contributed by atoms with Crippen molar-refractivity contribution in [1.29, 1.82) is 0 Å². The number of aromatic nitrogens is 2. The smallest absolute Gasteiger partial charge is 0.254 e. The van der Waals surface area contributed by atoms with Crippen LogP contribution < -0.4 is 5.32 Å². The third-order valence-electron chi connectivity index (χ3n) is 3.31. The van der Waals surface area contributed by atoms with Gasteiger partial charge in [-0.3, -0.25) is 4.79 Å². The van der Waals surface area contributed by atoms with E-state index in [1.165, 1.54) is 12.1 Å². The summed E-state index contributed by atoms with van der Waals surface area (Å²) in [6, 6.07) is 13.0. The molecule has 1 heterocycles. The fourth-order valence-corrected chi connectivity index (χ4v) is 2.14. The van der Waals surface area contributed by atoms with Crippen molar-refractivity contribution in [3.05, 3.63) is 83.0 Å². The predicted octanol–water partition coefficient (Wildman–Crippen LogP) is 2.87. The fourth-order valence-electron chi connectivity index (χ4n) is 2.14. The molecule has 1 aromatic heterocycles. The van der Waals surface area contributed by atoms with E-state index in [0.29, 0.717) is 12.3 Å². The molecular weight excluding hydrogens is 316 g/mol. The lowest BCUT2D eigenvalue weighted by Crippen LogP contribution is -2.24. The van der Waals surface area contributed by atoms with E-state index in [0.717, 1.165) is 11.6 Å². The van der Waals surface area contributed by atoms with Gasteiger partial charge in [-0.1, -0.05) is 41.6 Å². The van der Waals surface area contributed by atoms with E-state index in [2.05, 4.69) is 15.5 Å². The number of halogens is 2. The molecule has 1 amide bonds. The Morgan fingerprint density at radius 1 is 1.08 bits per heavy atom. The highest BCUT2D eigenvalue weighted by Gasteiger charge is 2.15. The highest BCUT2D eigenvalue weighted by atomic mass is 19.2. The van der Waals surface area contributed by atoms with Gasteiger partial charge >= 0.3 is 0 Å². The molecule has 0 saturated carbocycles. The molecule has 0 atom stereocenters. The van der Waals surface area contributed by atoms with Gasteiger partial charge in [-0.25, -0.2) is 8.78 Å². The minimum atomic E-state index is -1.19. The van der Waals surface area contributed by atoms with Crippen molar-refractivity contribution in [2.45, 2.75) is 13.0 Å². The molecule has 7 heteroatoms. The molecule has 0 aliphatic heterocycles. The Kier molecular flexibility index (Phi) is 4.60. The molecule has 0 saturated heterocycles. The Balaban J connectivity index is 1.61. The van der Waals surface area contributed by atoms with Crippen molar-refractivity contribution >= 4 is 5.91 Å². The van der Waals surface area contributed by atoms with Gasteiger partial charge in [0.15, 0.2) is 17.5 Å². The van der Waals surface area contributed by atoms with Gasteiger partial charge in [0.25, 0.3) is 5.91 Å². The summed E-state index contributed by atoms with van der Waals surface area (Å²) in [7, 11) is 0. The summed E-state index contributed by atoms with van der Waals surface area (Å²) >= 11 is 0. The van der Waals surface area contributed by atoms with Crippen LogP contribution in [0, 0.1) is 11.6 Å². The first-order valence-electron chi connectivity index (χ1n) is 7.21. The molecule has 0 aliphatic carbocycles. The molecule has 0 radical (unpaired) electrons. The Labute approximate surface area is 136 Å². The Morgan fingerprint density at radius 3 is 2.67 bits per heavy atom. The SMILES string of the molecule is O=C(NCc1noc(Cc2ccccc2)n1)c1cccc(F)c1F. The van der Waals surface area contributed by atoms with Crippen LogP contribution in [0.1, 0.15) is 27.6 Å². The van der Waals surface area contributed by atoms with Crippen LogP contribution in [0.3, 0.4) is 0 Å². The topological polar surface area (TPSA) is 68.0 Å². The maximum atomic E-state index is 13.5. The van der Waals surface area contributed by atoms with Crippen LogP contribution in [0.25, 0.3) is 0 Å². The highest BCUT2D eigenvalue weighted by Crippen LogP contribution is 2.11. The molecule has 3 rings (SSSR count). The molecule has 0 aliphatic rings. The number of nitrogens with zero attached hydrogens (tertiary/aromatic N) is 2. The first-order valence-corrected chi connectivity index (χ1v) is 7.21. The van der Waals surface area contributed by atoms with Crippen LogP contribution in [0.4, 0.5) is 8.78 Å². The Hall–Kier alpha value is -3.09. The van der Waals surface area contributed by atoms with Crippen LogP contribution >= 0.6 is 0 Å². The monoisotopic (exact) mass is 329 g/mol. The van der Waals surface area contributed by atoms with Crippen LogP contribution in [0.15, 0.2) is 53.1 Å². The summed E-state index contributed by atoms with van der Waals surface area (Å²) in [6.45, 7) is -0.0485. The average molecular weight is 329 g/mol. The van der Waals surface area contributed by atoms with E-state index < -0.39 is 17.5 Å².